The quantitative estimate of drug-likeness (QED) is 0.783. The number of piperidine rings is 1. The van der Waals surface area contributed by atoms with Crippen molar-refractivity contribution >= 4 is 21.6 Å². The van der Waals surface area contributed by atoms with Gasteiger partial charge in [0.25, 0.3) is 5.91 Å². The van der Waals surface area contributed by atoms with Crippen LogP contribution in [0.2, 0.25) is 0 Å². The Morgan fingerprint density at radius 1 is 0.964 bits per heavy atom. The van der Waals surface area contributed by atoms with Crippen LogP contribution in [0.5, 0.6) is 0 Å². The first kappa shape index (κ1) is 20.6. The molecular weight excluding hydrogens is 372 g/mol. The standard InChI is InChI=1S/C22H28N2O3S/c1-17(2)19-10-12-21(13-11-19)23-22(25)20-8-6-18(7-9-20)16-28(26,27)24-14-4-3-5-15-24/h6-13,17H,3-5,14-16H2,1-2H3,(H,23,25). The first-order valence-electron chi connectivity index (χ1n) is 9.83. The molecule has 1 fully saturated rings. The third-order valence-corrected chi connectivity index (χ3v) is 6.96. The lowest BCUT2D eigenvalue weighted by atomic mass is 10.0. The van der Waals surface area contributed by atoms with Gasteiger partial charge in [-0.25, -0.2) is 12.7 Å². The molecule has 0 saturated carbocycles. The molecule has 0 spiro atoms. The Morgan fingerprint density at radius 2 is 1.57 bits per heavy atom. The molecule has 0 bridgehead atoms. The SMILES string of the molecule is CC(C)c1ccc(NC(=O)c2ccc(CS(=O)(=O)N3CCCCC3)cc2)cc1. The molecule has 1 heterocycles. The predicted molar refractivity (Wildman–Crippen MR) is 113 cm³/mol. The number of benzene rings is 2. The molecule has 1 saturated heterocycles. The minimum absolute atomic E-state index is 0.0223. The number of anilines is 1. The number of carbonyl (C=O) groups excluding carboxylic acids is 1. The van der Waals surface area contributed by atoms with E-state index in [0.717, 1.165) is 24.9 Å². The molecule has 5 nitrogen and oxygen atoms in total. The van der Waals surface area contributed by atoms with E-state index in [1.54, 1.807) is 28.6 Å². The van der Waals surface area contributed by atoms with E-state index >= 15 is 0 Å². The van der Waals surface area contributed by atoms with Crippen molar-refractivity contribution in [1.82, 2.24) is 4.31 Å². The summed E-state index contributed by atoms with van der Waals surface area (Å²) in [7, 11) is -3.30. The number of amides is 1. The molecule has 2 aromatic rings. The van der Waals surface area contributed by atoms with E-state index in [-0.39, 0.29) is 11.7 Å². The largest absolute Gasteiger partial charge is 0.322 e. The van der Waals surface area contributed by atoms with Crippen molar-refractivity contribution < 1.29 is 13.2 Å². The summed E-state index contributed by atoms with van der Waals surface area (Å²) in [6, 6.07) is 14.6. The van der Waals surface area contributed by atoms with Crippen molar-refractivity contribution in [2.75, 3.05) is 18.4 Å². The van der Waals surface area contributed by atoms with E-state index in [2.05, 4.69) is 19.2 Å². The Labute approximate surface area is 167 Å². The molecule has 28 heavy (non-hydrogen) atoms. The zero-order valence-electron chi connectivity index (χ0n) is 16.5. The van der Waals surface area contributed by atoms with Gasteiger partial charge >= 0.3 is 0 Å². The Morgan fingerprint density at radius 3 is 2.14 bits per heavy atom. The first-order valence-corrected chi connectivity index (χ1v) is 11.4. The summed E-state index contributed by atoms with van der Waals surface area (Å²) >= 11 is 0. The number of hydrogen-bond donors (Lipinski definition) is 1. The molecule has 0 aromatic heterocycles. The third-order valence-electron chi connectivity index (χ3n) is 5.11. The van der Waals surface area contributed by atoms with Gasteiger partial charge in [-0.3, -0.25) is 4.79 Å². The van der Waals surface area contributed by atoms with Crippen LogP contribution >= 0.6 is 0 Å². The lowest BCUT2D eigenvalue weighted by Crippen LogP contribution is -2.36. The lowest BCUT2D eigenvalue weighted by molar-refractivity contribution is 0.102. The van der Waals surface area contributed by atoms with Gasteiger partial charge in [-0.05, 0) is 54.2 Å². The highest BCUT2D eigenvalue weighted by Crippen LogP contribution is 2.19. The van der Waals surface area contributed by atoms with Crippen LogP contribution in [0.15, 0.2) is 48.5 Å². The summed E-state index contributed by atoms with van der Waals surface area (Å²) in [6.07, 6.45) is 2.95. The second-order valence-corrected chi connectivity index (χ2v) is 9.61. The van der Waals surface area contributed by atoms with Crippen molar-refractivity contribution in [1.29, 1.82) is 0 Å². The summed E-state index contributed by atoms with van der Waals surface area (Å²) in [6.45, 7) is 5.47. The van der Waals surface area contributed by atoms with Gasteiger partial charge in [-0.1, -0.05) is 44.5 Å². The molecule has 0 radical (unpaired) electrons. The molecule has 150 valence electrons. The maximum Gasteiger partial charge on any atom is 0.255 e. The maximum absolute atomic E-state index is 12.5. The van der Waals surface area contributed by atoms with E-state index < -0.39 is 10.0 Å². The molecule has 0 aliphatic carbocycles. The maximum atomic E-state index is 12.5. The van der Waals surface area contributed by atoms with Crippen LogP contribution in [0, 0.1) is 0 Å². The zero-order chi connectivity index (χ0) is 20.1. The molecule has 2 aromatic carbocycles. The van der Waals surface area contributed by atoms with Crippen molar-refractivity contribution in [2.24, 2.45) is 0 Å². The topological polar surface area (TPSA) is 66.5 Å². The number of carbonyl (C=O) groups is 1. The van der Waals surface area contributed by atoms with Crippen molar-refractivity contribution in [3.05, 3.63) is 65.2 Å². The van der Waals surface area contributed by atoms with Crippen molar-refractivity contribution in [2.45, 2.75) is 44.8 Å². The van der Waals surface area contributed by atoms with E-state index in [1.165, 1.54) is 5.56 Å². The minimum atomic E-state index is -3.30. The number of hydrogen-bond acceptors (Lipinski definition) is 3. The third kappa shape index (κ3) is 5.20. The van der Waals surface area contributed by atoms with Gasteiger partial charge in [0.15, 0.2) is 0 Å². The second-order valence-electron chi connectivity index (χ2n) is 7.64. The molecule has 0 atom stereocenters. The Balaban J connectivity index is 1.62. The van der Waals surface area contributed by atoms with E-state index in [9.17, 15) is 13.2 Å². The molecular formula is C22H28N2O3S. The van der Waals surface area contributed by atoms with Crippen LogP contribution in [0.1, 0.15) is 60.5 Å². The number of nitrogens with zero attached hydrogens (tertiary/aromatic N) is 1. The van der Waals surface area contributed by atoms with Gasteiger partial charge in [-0.15, -0.1) is 0 Å². The molecule has 1 aliphatic rings. The van der Waals surface area contributed by atoms with Crippen molar-refractivity contribution in [3.63, 3.8) is 0 Å². The van der Waals surface area contributed by atoms with E-state index in [1.807, 2.05) is 24.3 Å². The van der Waals surface area contributed by atoms with E-state index in [4.69, 9.17) is 0 Å². The fraction of sp³-hybridized carbons (Fsp3) is 0.409. The van der Waals surface area contributed by atoms with Gasteiger partial charge in [-0.2, -0.15) is 0 Å². The predicted octanol–water partition coefficient (Wildman–Crippen LogP) is 4.38. The van der Waals surface area contributed by atoms with Crippen LogP contribution in [-0.2, 0) is 15.8 Å². The molecule has 1 amide bonds. The van der Waals surface area contributed by atoms with Gasteiger partial charge in [0.2, 0.25) is 10.0 Å². The normalized spacial score (nSPS) is 15.5. The van der Waals surface area contributed by atoms with E-state index in [0.29, 0.717) is 30.1 Å². The van der Waals surface area contributed by atoms with Gasteiger partial charge in [0.05, 0.1) is 5.75 Å². The highest BCUT2D eigenvalue weighted by molar-refractivity contribution is 7.88. The molecule has 1 N–H and O–H groups in total. The minimum Gasteiger partial charge on any atom is -0.322 e. The number of sulfonamides is 1. The molecule has 1 aliphatic heterocycles. The first-order chi connectivity index (χ1) is 13.3. The van der Waals surface area contributed by atoms with Crippen LogP contribution in [0.3, 0.4) is 0 Å². The fourth-order valence-corrected chi connectivity index (χ4v) is 4.96. The van der Waals surface area contributed by atoms with Gasteiger partial charge in [0.1, 0.15) is 0 Å². The van der Waals surface area contributed by atoms with Gasteiger partial charge in [0, 0.05) is 24.3 Å². The molecule has 0 unspecified atom stereocenters. The Kier molecular flexibility index (Phi) is 6.52. The fourth-order valence-electron chi connectivity index (χ4n) is 3.35. The summed E-state index contributed by atoms with van der Waals surface area (Å²) < 4.78 is 26.7. The smallest absolute Gasteiger partial charge is 0.255 e. The average Bonchev–Trinajstić information content (AvgIpc) is 2.69. The summed E-state index contributed by atoms with van der Waals surface area (Å²) in [4.78, 5) is 12.4. The lowest BCUT2D eigenvalue weighted by Gasteiger charge is -2.25. The molecule has 6 heteroatoms. The number of rotatable bonds is 6. The Bertz CT molecular complexity index is 898. The highest BCUT2D eigenvalue weighted by Gasteiger charge is 2.24. The second kappa shape index (κ2) is 8.88. The summed E-state index contributed by atoms with van der Waals surface area (Å²) in [5, 5.41) is 2.88. The average molecular weight is 401 g/mol. The molecule has 3 rings (SSSR count). The van der Waals surface area contributed by atoms with Crippen LogP contribution in [0.4, 0.5) is 5.69 Å². The Hall–Kier alpha value is -2.18. The van der Waals surface area contributed by atoms with Crippen LogP contribution in [-0.4, -0.2) is 31.7 Å². The zero-order valence-corrected chi connectivity index (χ0v) is 17.3. The summed E-state index contributed by atoms with van der Waals surface area (Å²) in [5.74, 6) is 0.215. The highest BCUT2D eigenvalue weighted by atomic mass is 32.2. The van der Waals surface area contributed by atoms with Crippen LogP contribution < -0.4 is 5.32 Å². The summed E-state index contributed by atoms with van der Waals surface area (Å²) in [5.41, 5.74) is 3.17. The van der Waals surface area contributed by atoms with Crippen molar-refractivity contribution in [3.8, 4) is 0 Å². The number of nitrogens with one attached hydrogen (secondary N) is 1. The van der Waals surface area contributed by atoms with Gasteiger partial charge < -0.3 is 5.32 Å². The monoisotopic (exact) mass is 400 g/mol. The van der Waals surface area contributed by atoms with Crippen LogP contribution in [0.25, 0.3) is 0 Å².